The third-order valence-electron chi connectivity index (χ3n) is 4.06. The van der Waals surface area contributed by atoms with Gasteiger partial charge in [0.1, 0.15) is 11.5 Å². The van der Waals surface area contributed by atoms with E-state index in [1.807, 2.05) is 36.5 Å². The molecule has 3 heterocycles. The lowest BCUT2D eigenvalue weighted by molar-refractivity contribution is 0.0973. The molecule has 0 aliphatic carbocycles. The molecule has 0 saturated carbocycles. The Morgan fingerprint density at radius 2 is 1.89 bits per heavy atom. The summed E-state index contributed by atoms with van der Waals surface area (Å²) in [5.41, 5.74) is 7.14. The lowest BCUT2D eigenvalue weighted by atomic mass is 10.2. The monoisotopic (exact) mass is 361 g/mol. The Bertz CT molecular complexity index is 1160. The number of rotatable bonds is 4. The molecule has 0 spiro atoms. The number of carbonyl (C=O) groups is 2. The van der Waals surface area contributed by atoms with Crippen molar-refractivity contribution in [2.24, 2.45) is 12.8 Å². The third-order valence-corrected chi connectivity index (χ3v) is 4.06. The second-order valence-electron chi connectivity index (χ2n) is 5.86. The standard InChI is InChI=1S/C18H15N7O2/c1-24-15(12(9-20-24)16(19)26)17(27)22-14-7-8-25-10-13(21-18(25)23-14)11-5-3-2-4-6-11/h2-10H,1H3,(H2,19,26)(H,21,22,23,27). The van der Waals surface area contributed by atoms with E-state index in [0.29, 0.717) is 11.6 Å². The van der Waals surface area contributed by atoms with Crippen LogP contribution in [0.1, 0.15) is 20.8 Å². The molecule has 9 heteroatoms. The minimum absolute atomic E-state index is 0.0447. The van der Waals surface area contributed by atoms with E-state index in [-0.39, 0.29) is 11.3 Å². The summed E-state index contributed by atoms with van der Waals surface area (Å²) in [6, 6.07) is 11.4. The summed E-state index contributed by atoms with van der Waals surface area (Å²) in [4.78, 5) is 32.8. The number of nitrogens with one attached hydrogen (secondary N) is 1. The van der Waals surface area contributed by atoms with E-state index in [4.69, 9.17) is 5.73 Å². The number of carbonyl (C=O) groups excluding carboxylic acids is 2. The average molecular weight is 361 g/mol. The van der Waals surface area contributed by atoms with Gasteiger partial charge in [-0.3, -0.25) is 18.7 Å². The van der Waals surface area contributed by atoms with Crippen LogP contribution in [0.4, 0.5) is 5.82 Å². The fourth-order valence-electron chi connectivity index (χ4n) is 2.75. The van der Waals surface area contributed by atoms with Crippen LogP contribution in [0.15, 0.2) is 55.0 Å². The van der Waals surface area contributed by atoms with Crippen LogP contribution < -0.4 is 11.1 Å². The summed E-state index contributed by atoms with van der Waals surface area (Å²) >= 11 is 0. The molecule has 9 nitrogen and oxygen atoms in total. The van der Waals surface area contributed by atoms with E-state index in [1.165, 1.54) is 10.9 Å². The molecule has 134 valence electrons. The second kappa shape index (κ2) is 6.37. The van der Waals surface area contributed by atoms with Gasteiger partial charge >= 0.3 is 0 Å². The Balaban J connectivity index is 1.64. The SMILES string of the molecule is Cn1ncc(C(N)=O)c1C(=O)Nc1ccn2cc(-c3ccccc3)nc2n1. The zero-order valence-corrected chi connectivity index (χ0v) is 14.3. The molecule has 27 heavy (non-hydrogen) atoms. The summed E-state index contributed by atoms with van der Waals surface area (Å²) in [6.07, 6.45) is 4.86. The van der Waals surface area contributed by atoms with Crippen LogP contribution in [-0.4, -0.2) is 36.0 Å². The maximum absolute atomic E-state index is 12.5. The van der Waals surface area contributed by atoms with E-state index in [1.54, 1.807) is 23.7 Å². The lowest BCUT2D eigenvalue weighted by Gasteiger charge is -2.06. The van der Waals surface area contributed by atoms with E-state index < -0.39 is 11.8 Å². The molecule has 0 unspecified atom stereocenters. The van der Waals surface area contributed by atoms with Crippen LogP contribution in [-0.2, 0) is 7.05 Å². The number of hydrogen-bond donors (Lipinski definition) is 2. The maximum Gasteiger partial charge on any atom is 0.275 e. The van der Waals surface area contributed by atoms with Gasteiger partial charge in [-0.2, -0.15) is 10.1 Å². The number of nitrogens with zero attached hydrogens (tertiary/aromatic N) is 5. The molecule has 1 aromatic carbocycles. The molecular formula is C18H15N7O2. The number of nitrogens with two attached hydrogens (primary N) is 1. The number of hydrogen-bond acceptors (Lipinski definition) is 5. The number of anilines is 1. The van der Waals surface area contributed by atoms with Gasteiger partial charge in [-0.1, -0.05) is 30.3 Å². The molecule has 0 saturated heterocycles. The Kier molecular flexibility index (Phi) is 3.88. The quantitative estimate of drug-likeness (QED) is 0.570. The van der Waals surface area contributed by atoms with Gasteiger partial charge in [0.25, 0.3) is 11.8 Å². The number of fused-ring (bicyclic) bond motifs is 1. The number of benzene rings is 1. The third kappa shape index (κ3) is 3.01. The second-order valence-corrected chi connectivity index (χ2v) is 5.86. The van der Waals surface area contributed by atoms with Crippen molar-refractivity contribution in [3.05, 3.63) is 66.2 Å². The van der Waals surface area contributed by atoms with Crippen LogP contribution in [0.2, 0.25) is 0 Å². The summed E-state index contributed by atoms with van der Waals surface area (Å²) in [5, 5.41) is 6.56. The molecule has 4 aromatic rings. The van der Waals surface area contributed by atoms with Crippen LogP contribution in [0.3, 0.4) is 0 Å². The topological polar surface area (TPSA) is 120 Å². The number of primary amides is 1. The predicted molar refractivity (Wildman–Crippen MR) is 98.1 cm³/mol. The molecule has 2 amide bonds. The minimum Gasteiger partial charge on any atom is -0.365 e. The van der Waals surface area contributed by atoms with Crippen molar-refractivity contribution in [3.8, 4) is 11.3 Å². The van der Waals surface area contributed by atoms with Crippen molar-refractivity contribution in [2.45, 2.75) is 0 Å². The Morgan fingerprint density at radius 3 is 2.63 bits per heavy atom. The van der Waals surface area contributed by atoms with Crippen LogP contribution >= 0.6 is 0 Å². The highest BCUT2D eigenvalue weighted by Gasteiger charge is 2.21. The first-order valence-electron chi connectivity index (χ1n) is 8.07. The Labute approximate surface area is 153 Å². The van der Waals surface area contributed by atoms with E-state index in [0.717, 1.165) is 11.3 Å². The van der Waals surface area contributed by atoms with Crippen molar-refractivity contribution >= 4 is 23.4 Å². The van der Waals surface area contributed by atoms with Gasteiger partial charge in [0.15, 0.2) is 0 Å². The lowest BCUT2D eigenvalue weighted by Crippen LogP contribution is -2.22. The van der Waals surface area contributed by atoms with Gasteiger partial charge in [-0.15, -0.1) is 0 Å². The van der Waals surface area contributed by atoms with Crippen LogP contribution in [0.5, 0.6) is 0 Å². The van der Waals surface area contributed by atoms with Crippen LogP contribution in [0.25, 0.3) is 17.0 Å². The Morgan fingerprint density at radius 1 is 1.11 bits per heavy atom. The van der Waals surface area contributed by atoms with Gasteiger partial charge < -0.3 is 11.1 Å². The summed E-state index contributed by atoms with van der Waals surface area (Å²) in [5.74, 6) is -0.519. The molecule has 0 fully saturated rings. The molecule has 4 rings (SSSR count). The Hall–Kier alpha value is -4.01. The molecule has 3 N–H and O–H groups in total. The smallest absolute Gasteiger partial charge is 0.275 e. The molecular weight excluding hydrogens is 346 g/mol. The van der Waals surface area contributed by atoms with E-state index >= 15 is 0 Å². The first kappa shape index (κ1) is 16.5. The number of aromatic nitrogens is 5. The fourth-order valence-corrected chi connectivity index (χ4v) is 2.75. The van der Waals surface area contributed by atoms with Crippen molar-refractivity contribution in [1.29, 1.82) is 0 Å². The molecule has 0 bridgehead atoms. The summed E-state index contributed by atoms with van der Waals surface area (Å²) in [6.45, 7) is 0. The first-order valence-corrected chi connectivity index (χ1v) is 8.07. The van der Waals surface area contributed by atoms with Crippen molar-refractivity contribution < 1.29 is 9.59 Å². The maximum atomic E-state index is 12.5. The largest absolute Gasteiger partial charge is 0.365 e. The number of aryl methyl sites for hydroxylation is 1. The predicted octanol–water partition coefficient (Wildman–Crippen LogP) is 1.48. The molecule has 3 aromatic heterocycles. The van der Waals surface area contributed by atoms with Gasteiger partial charge in [-0.25, -0.2) is 4.98 Å². The number of imidazole rings is 1. The summed E-state index contributed by atoms with van der Waals surface area (Å²) in [7, 11) is 1.55. The van der Waals surface area contributed by atoms with Crippen LogP contribution in [0, 0.1) is 0 Å². The van der Waals surface area contributed by atoms with Crippen molar-refractivity contribution in [2.75, 3.05) is 5.32 Å². The minimum atomic E-state index is -0.725. The van der Waals surface area contributed by atoms with Gasteiger partial charge in [-0.05, 0) is 6.07 Å². The molecule has 0 aliphatic heterocycles. The van der Waals surface area contributed by atoms with Gasteiger partial charge in [0.05, 0.1) is 17.5 Å². The van der Waals surface area contributed by atoms with Gasteiger partial charge in [0.2, 0.25) is 5.78 Å². The fraction of sp³-hybridized carbons (Fsp3) is 0.0556. The zero-order chi connectivity index (χ0) is 19.0. The average Bonchev–Trinajstić information content (AvgIpc) is 3.25. The zero-order valence-electron chi connectivity index (χ0n) is 14.3. The first-order chi connectivity index (χ1) is 13.0. The van der Waals surface area contributed by atoms with Crippen molar-refractivity contribution in [1.82, 2.24) is 24.1 Å². The molecule has 0 aliphatic rings. The highest BCUT2D eigenvalue weighted by molar-refractivity contribution is 6.10. The normalized spacial score (nSPS) is 10.9. The van der Waals surface area contributed by atoms with Crippen molar-refractivity contribution in [3.63, 3.8) is 0 Å². The highest BCUT2D eigenvalue weighted by Crippen LogP contribution is 2.19. The van der Waals surface area contributed by atoms with E-state index in [9.17, 15) is 9.59 Å². The molecule has 0 atom stereocenters. The van der Waals surface area contributed by atoms with E-state index in [2.05, 4.69) is 20.4 Å². The molecule has 0 radical (unpaired) electrons. The summed E-state index contributed by atoms with van der Waals surface area (Å²) < 4.78 is 3.05. The highest BCUT2D eigenvalue weighted by atomic mass is 16.2. The van der Waals surface area contributed by atoms with Gasteiger partial charge in [0, 0.05) is 25.0 Å². The number of amides is 2.